The number of thiophene rings is 1. The van der Waals surface area contributed by atoms with Crippen molar-refractivity contribution in [2.24, 2.45) is 0 Å². The van der Waals surface area contributed by atoms with Gasteiger partial charge in [-0.2, -0.15) is 13.2 Å². The molecule has 0 fully saturated rings. The Kier molecular flexibility index (Phi) is 5.13. The summed E-state index contributed by atoms with van der Waals surface area (Å²) in [7, 11) is 0. The quantitative estimate of drug-likeness (QED) is 0.554. The zero-order valence-electron chi connectivity index (χ0n) is 14.0. The van der Waals surface area contributed by atoms with Crippen molar-refractivity contribution in [2.45, 2.75) is 19.6 Å². The van der Waals surface area contributed by atoms with E-state index in [4.69, 9.17) is 0 Å². The van der Waals surface area contributed by atoms with E-state index in [-0.39, 0.29) is 18.1 Å². The van der Waals surface area contributed by atoms with E-state index in [9.17, 15) is 18.0 Å². The van der Waals surface area contributed by atoms with Crippen molar-refractivity contribution in [1.29, 1.82) is 0 Å². The number of halogens is 3. The van der Waals surface area contributed by atoms with Gasteiger partial charge in [0.1, 0.15) is 0 Å². The summed E-state index contributed by atoms with van der Waals surface area (Å²) < 4.78 is 39.2. The molecule has 0 bridgehead atoms. The van der Waals surface area contributed by atoms with E-state index in [1.54, 1.807) is 12.1 Å². The second kappa shape index (κ2) is 7.33. The van der Waals surface area contributed by atoms with Gasteiger partial charge in [-0.15, -0.1) is 11.3 Å². The Bertz CT molecular complexity index is 886. The van der Waals surface area contributed by atoms with Crippen LogP contribution in [0.3, 0.4) is 0 Å². The first kappa shape index (κ1) is 18.2. The second-order valence-corrected chi connectivity index (χ2v) is 6.92. The lowest BCUT2D eigenvalue weighted by atomic mass is 10.1. The fourth-order valence-electron chi connectivity index (χ4n) is 2.54. The molecule has 1 amide bonds. The van der Waals surface area contributed by atoms with Gasteiger partial charge in [-0.05, 0) is 48.7 Å². The molecule has 26 heavy (non-hydrogen) atoms. The van der Waals surface area contributed by atoms with E-state index >= 15 is 0 Å². The molecule has 0 aliphatic rings. The summed E-state index contributed by atoms with van der Waals surface area (Å²) in [6.45, 7) is 2.12. The number of hydrogen-bond donors (Lipinski definition) is 0. The average molecular weight is 375 g/mol. The van der Waals surface area contributed by atoms with Crippen LogP contribution in [0.15, 0.2) is 66.0 Å². The number of hydrogen-bond acceptors (Lipinski definition) is 2. The lowest BCUT2D eigenvalue weighted by molar-refractivity contribution is -0.137. The SMILES string of the molecule is Cc1ccc(C(=O)N(Cc2cccs2)c2cccc(C(F)(F)F)c2)cc1. The number of carbonyl (C=O) groups excluding carboxylic acids is 1. The van der Waals surface area contributed by atoms with Gasteiger partial charge in [-0.25, -0.2) is 0 Å². The Morgan fingerprint density at radius 1 is 1.04 bits per heavy atom. The molecule has 3 rings (SSSR count). The van der Waals surface area contributed by atoms with Crippen LogP contribution >= 0.6 is 11.3 Å². The summed E-state index contributed by atoms with van der Waals surface area (Å²) in [4.78, 5) is 15.3. The summed E-state index contributed by atoms with van der Waals surface area (Å²) >= 11 is 1.45. The average Bonchev–Trinajstić information content (AvgIpc) is 3.12. The maximum atomic E-state index is 13.1. The maximum Gasteiger partial charge on any atom is 0.416 e. The minimum atomic E-state index is -4.46. The van der Waals surface area contributed by atoms with Crippen molar-refractivity contribution in [3.63, 3.8) is 0 Å². The van der Waals surface area contributed by atoms with Crippen LogP contribution < -0.4 is 4.90 Å². The summed E-state index contributed by atoms with van der Waals surface area (Å²) in [5.41, 5.74) is 0.886. The first-order valence-electron chi connectivity index (χ1n) is 7.93. The number of amides is 1. The number of anilines is 1. The lowest BCUT2D eigenvalue weighted by Crippen LogP contribution is -2.30. The number of alkyl halides is 3. The molecule has 0 unspecified atom stereocenters. The third-order valence-corrected chi connectivity index (χ3v) is 4.78. The van der Waals surface area contributed by atoms with Gasteiger partial charge in [0.15, 0.2) is 0 Å². The van der Waals surface area contributed by atoms with Crippen molar-refractivity contribution in [2.75, 3.05) is 4.90 Å². The highest BCUT2D eigenvalue weighted by molar-refractivity contribution is 7.09. The molecule has 0 saturated carbocycles. The highest BCUT2D eigenvalue weighted by atomic mass is 32.1. The zero-order chi connectivity index (χ0) is 18.7. The van der Waals surface area contributed by atoms with E-state index in [0.717, 1.165) is 22.6 Å². The van der Waals surface area contributed by atoms with Crippen molar-refractivity contribution < 1.29 is 18.0 Å². The van der Waals surface area contributed by atoms with E-state index in [1.807, 2.05) is 36.6 Å². The summed E-state index contributed by atoms with van der Waals surface area (Å²) in [6, 6.07) is 15.6. The van der Waals surface area contributed by atoms with Gasteiger partial charge in [0.2, 0.25) is 0 Å². The minimum absolute atomic E-state index is 0.214. The maximum absolute atomic E-state index is 13.1. The third kappa shape index (κ3) is 4.14. The Morgan fingerprint density at radius 2 is 1.77 bits per heavy atom. The van der Waals surface area contributed by atoms with Crippen LogP contribution in [0.2, 0.25) is 0 Å². The predicted octanol–water partition coefficient (Wildman–Crippen LogP) is 5.92. The molecule has 2 aromatic carbocycles. The van der Waals surface area contributed by atoms with Crippen LogP contribution in [0.5, 0.6) is 0 Å². The first-order valence-corrected chi connectivity index (χ1v) is 8.81. The smallest absolute Gasteiger partial charge is 0.303 e. The summed E-state index contributed by atoms with van der Waals surface area (Å²) in [5, 5.41) is 1.87. The first-order chi connectivity index (χ1) is 12.3. The van der Waals surface area contributed by atoms with Crippen molar-refractivity contribution in [3.05, 3.63) is 87.6 Å². The van der Waals surface area contributed by atoms with Gasteiger partial charge in [-0.1, -0.05) is 29.8 Å². The van der Waals surface area contributed by atoms with Crippen molar-refractivity contribution >= 4 is 22.9 Å². The molecule has 0 aliphatic heterocycles. The van der Waals surface area contributed by atoms with Gasteiger partial charge in [-0.3, -0.25) is 4.79 Å². The molecule has 6 heteroatoms. The minimum Gasteiger partial charge on any atom is -0.303 e. The molecule has 0 aliphatic carbocycles. The van der Waals surface area contributed by atoms with E-state index in [2.05, 4.69) is 0 Å². The largest absolute Gasteiger partial charge is 0.416 e. The predicted molar refractivity (Wildman–Crippen MR) is 97.5 cm³/mol. The zero-order valence-corrected chi connectivity index (χ0v) is 14.8. The number of rotatable bonds is 4. The Labute approximate surface area is 153 Å². The topological polar surface area (TPSA) is 20.3 Å². The molecule has 3 aromatic rings. The number of benzene rings is 2. The monoisotopic (exact) mass is 375 g/mol. The van der Waals surface area contributed by atoms with Gasteiger partial charge in [0, 0.05) is 16.1 Å². The Morgan fingerprint density at radius 3 is 2.38 bits per heavy atom. The Balaban J connectivity index is 2.01. The highest BCUT2D eigenvalue weighted by Crippen LogP contribution is 2.32. The molecule has 0 saturated heterocycles. The number of aryl methyl sites for hydroxylation is 1. The second-order valence-electron chi connectivity index (χ2n) is 5.88. The molecular weight excluding hydrogens is 359 g/mol. The third-order valence-electron chi connectivity index (χ3n) is 3.92. The summed E-state index contributed by atoms with van der Waals surface area (Å²) in [6.07, 6.45) is -4.46. The molecule has 0 N–H and O–H groups in total. The number of carbonyl (C=O) groups is 1. The van der Waals surface area contributed by atoms with E-state index in [1.165, 1.54) is 28.4 Å². The molecule has 2 nitrogen and oxygen atoms in total. The molecule has 0 radical (unpaired) electrons. The normalized spacial score (nSPS) is 11.4. The standard InChI is InChI=1S/C20H16F3NOS/c1-14-7-9-15(10-8-14)19(25)24(13-18-6-3-11-26-18)17-5-2-4-16(12-17)20(21,22)23/h2-12H,13H2,1H3. The summed E-state index contributed by atoms with van der Waals surface area (Å²) in [5.74, 6) is -0.335. The molecule has 1 heterocycles. The van der Waals surface area contributed by atoms with E-state index in [0.29, 0.717) is 5.56 Å². The van der Waals surface area contributed by atoms with Crippen LogP contribution in [0, 0.1) is 6.92 Å². The molecule has 0 spiro atoms. The van der Waals surface area contributed by atoms with Gasteiger partial charge < -0.3 is 4.90 Å². The highest BCUT2D eigenvalue weighted by Gasteiger charge is 2.31. The van der Waals surface area contributed by atoms with Crippen LogP contribution in [0.1, 0.15) is 26.4 Å². The molecular formula is C20H16F3NOS. The lowest BCUT2D eigenvalue weighted by Gasteiger charge is -2.23. The van der Waals surface area contributed by atoms with E-state index < -0.39 is 11.7 Å². The molecule has 134 valence electrons. The van der Waals surface area contributed by atoms with Crippen LogP contribution in [-0.2, 0) is 12.7 Å². The van der Waals surface area contributed by atoms with Gasteiger partial charge in [0.25, 0.3) is 5.91 Å². The molecule has 0 atom stereocenters. The van der Waals surface area contributed by atoms with Crippen LogP contribution in [0.4, 0.5) is 18.9 Å². The van der Waals surface area contributed by atoms with Gasteiger partial charge in [0.05, 0.1) is 12.1 Å². The van der Waals surface area contributed by atoms with Crippen LogP contribution in [0.25, 0.3) is 0 Å². The number of nitrogens with zero attached hydrogens (tertiary/aromatic N) is 1. The van der Waals surface area contributed by atoms with Crippen molar-refractivity contribution in [3.8, 4) is 0 Å². The molecule has 1 aromatic heterocycles. The van der Waals surface area contributed by atoms with Crippen LogP contribution in [-0.4, -0.2) is 5.91 Å². The van der Waals surface area contributed by atoms with Crippen molar-refractivity contribution in [1.82, 2.24) is 0 Å². The Hall–Kier alpha value is -2.60. The van der Waals surface area contributed by atoms with Gasteiger partial charge >= 0.3 is 6.18 Å². The fraction of sp³-hybridized carbons (Fsp3) is 0.150. The fourth-order valence-corrected chi connectivity index (χ4v) is 3.23.